The Labute approximate surface area is 128 Å². The number of primary amides is 1. The molecule has 2 unspecified atom stereocenters. The van der Waals surface area contributed by atoms with E-state index in [-0.39, 0.29) is 5.56 Å². The van der Waals surface area contributed by atoms with Crippen molar-refractivity contribution in [2.24, 2.45) is 11.7 Å². The SMILES string of the molecule is CCC1CCN(c2ccc(Cl)cc2C(N)=O)C(C(=O)O)C1. The highest BCUT2D eigenvalue weighted by molar-refractivity contribution is 6.31. The first kappa shape index (κ1) is 15.6. The fourth-order valence-corrected chi connectivity index (χ4v) is 3.06. The number of anilines is 1. The van der Waals surface area contributed by atoms with Crippen molar-refractivity contribution in [3.8, 4) is 0 Å². The van der Waals surface area contributed by atoms with Crippen molar-refractivity contribution >= 4 is 29.2 Å². The van der Waals surface area contributed by atoms with E-state index in [1.54, 1.807) is 17.0 Å². The van der Waals surface area contributed by atoms with Crippen LogP contribution in [-0.4, -0.2) is 29.6 Å². The number of carboxylic acid groups (broad SMARTS) is 1. The van der Waals surface area contributed by atoms with Gasteiger partial charge in [0.05, 0.1) is 11.3 Å². The lowest BCUT2D eigenvalue weighted by Crippen LogP contribution is -2.48. The predicted octanol–water partition coefficient (Wildman–Crippen LogP) is 2.52. The molecule has 6 heteroatoms. The van der Waals surface area contributed by atoms with Crippen molar-refractivity contribution < 1.29 is 14.7 Å². The molecule has 2 atom stereocenters. The Hall–Kier alpha value is -1.75. The van der Waals surface area contributed by atoms with Gasteiger partial charge in [0, 0.05) is 11.6 Å². The summed E-state index contributed by atoms with van der Waals surface area (Å²) in [6.45, 7) is 2.66. The van der Waals surface area contributed by atoms with E-state index in [9.17, 15) is 14.7 Å². The van der Waals surface area contributed by atoms with Crippen LogP contribution in [0.5, 0.6) is 0 Å². The summed E-state index contributed by atoms with van der Waals surface area (Å²) in [7, 11) is 0. The third-order valence-corrected chi connectivity index (χ3v) is 4.34. The average Bonchev–Trinajstić information content (AvgIpc) is 2.46. The number of carbonyl (C=O) groups is 2. The zero-order chi connectivity index (χ0) is 15.6. The summed E-state index contributed by atoms with van der Waals surface area (Å²) in [6, 6.07) is 4.17. The lowest BCUT2D eigenvalue weighted by Gasteiger charge is -2.39. The number of aliphatic carboxylic acids is 1. The van der Waals surface area contributed by atoms with E-state index in [1.807, 2.05) is 0 Å². The van der Waals surface area contributed by atoms with Gasteiger partial charge in [0.25, 0.3) is 5.91 Å². The maximum atomic E-state index is 11.6. The molecule has 1 aliphatic heterocycles. The van der Waals surface area contributed by atoms with Crippen LogP contribution in [0.1, 0.15) is 36.5 Å². The minimum atomic E-state index is -0.876. The fraction of sp³-hybridized carbons (Fsp3) is 0.467. The third-order valence-electron chi connectivity index (χ3n) is 4.11. The summed E-state index contributed by atoms with van der Waals surface area (Å²) < 4.78 is 0. The molecule has 1 amide bonds. The first-order valence-corrected chi connectivity index (χ1v) is 7.40. The highest BCUT2D eigenvalue weighted by Gasteiger charge is 2.34. The van der Waals surface area contributed by atoms with Gasteiger partial charge < -0.3 is 15.7 Å². The van der Waals surface area contributed by atoms with Crippen LogP contribution in [0.2, 0.25) is 5.02 Å². The zero-order valence-corrected chi connectivity index (χ0v) is 12.6. The molecular formula is C15H19ClN2O3. The van der Waals surface area contributed by atoms with Gasteiger partial charge in [-0.3, -0.25) is 4.79 Å². The van der Waals surface area contributed by atoms with Crippen LogP contribution in [0.15, 0.2) is 18.2 Å². The van der Waals surface area contributed by atoms with Gasteiger partial charge in [-0.2, -0.15) is 0 Å². The zero-order valence-electron chi connectivity index (χ0n) is 11.9. The monoisotopic (exact) mass is 310 g/mol. The second kappa shape index (κ2) is 6.35. The van der Waals surface area contributed by atoms with Crippen LogP contribution in [0.25, 0.3) is 0 Å². The fourth-order valence-electron chi connectivity index (χ4n) is 2.89. The Morgan fingerprint density at radius 2 is 2.19 bits per heavy atom. The molecule has 114 valence electrons. The van der Waals surface area contributed by atoms with Crippen molar-refractivity contribution in [1.29, 1.82) is 0 Å². The summed E-state index contributed by atoms with van der Waals surface area (Å²) in [4.78, 5) is 24.9. The molecule has 3 N–H and O–H groups in total. The molecule has 5 nitrogen and oxygen atoms in total. The van der Waals surface area contributed by atoms with Gasteiger partial charge in [0.2, 0.25) is 0 Å². The molecule has 1 aromatic rings. The Bertz CT molecular complexity index is 562. The molecule has 21 heavy (non-hydrogen) atoms. The van der Waals surface area contributed by atoms with Gasteiger partial charge in [0.15, 0.2) is 0 Å². The molecule has 0 bridgehead atoms. The number of carboxylic acids is 1. The molecule has 0 saturated carbocycles. The summed E-state index contributed by atoms with van der Waals surface area (Å²) in [5.41, 5.74) is 6.21. The molecule has 1 fully saturated rings. The van der Waals surface area contributed by atoms with Crippen molar-refractivity contribution in [3.05, 3.63) is 28.8 Å². The molecule has 0 radical (unpaired) electrons. The van der Waals surface area contributed by atoms with E-state index in [0.717, 1.165) is 12.8 Å². The third kappa shape index (κ3) is 3.29. The summed E-state index contributed by atoms with van der Waals surface area (Å²) in [6.07, 6.45) is 2.44. The van der Waals surface area contributed by atoms with Crippen LogP contribution in [0.4, 0.5) is 5.69 Å². The van der Waals surface area contributed by atoms with Crippen LogP contribution in [0, 0.1) is 5.92 Å². The van der Waals surface area contributed by atoms with Gasteiger partial charge in [-0.1, -0.05) is 24.9 Å². The number of piperidine rings is 1. The van der Waals surface area contributed by atoms with Gasteiger partial charge in [-0.05, 0) is 37.0 Å². The lowest BCUT2D eigenvalue weighted by atomic mass is 9.88. The van der Waals surface area contributed by atoms with E-state index in [1.165, 1.54) is 6.07 Å². The number of benzene rings is 1. The second-order valence-electron chi connectivity index (χ2n) is 5.37. The molecule has 1 aliphatic rings. The Kier molecular flexibility index (Phi) is 4.73. The number of nitrogens with zero attached hydrogens (tertiary/aromatic N) is 1. The number of amides is 1. The Morgan fingerprint density at radius 3 is 2.76 bits per heavy atom. The Balaban J connectivity index is 2.40. The number of hydrogen-bond acceptors (Lipinski definition) is 3. The molecule has 0 aliphatic carbocycles. The molecule has 1 heterocycles. The largest absolute Gasteiger partial charge is 0.480 e. The van der Waals surface area contributed by atoms with Crippen molar-refractivity contribution in [1.82, 2.24) is 0 Å². The van der Waals surface area contributed by atoms with Crippen LogP contribution in [0.3, 0.4) is 0 Å². The van der Waals surface area contributed by atoms with Crippen LogP contribution >= 0.6 is 11.6 Å². The van der Waals surface area contributed by atoms with Gasteiger partial charge in [-0.25, -0.2) is 4.79 Å². The normalized spacial score (nSPS) is 22.1. The molecule has 1 saturated heterocycles. The van der Waals surface area contributed by atoms with Gasteiger partial charge >= 0.3 is 5.97 Å². The maximum absolute atomic E-state index is 11.6. The van der Waals surface area contributed by atoms with E-state index >= 15 is 0 Å². The maximum Gasteiger partial charge on any atom is 0.326 e. The molecule has 0 aromatic heterocycles. The number of nitrogens with two attached hydrogens (primary N) is 1. The first-order chi connectivity index (χ1) is 9.93. The van der Waals surface area contributed by atoms with Crippen molar-refractivity contribution in [2.45, 2.75) is 32.2 Å². The van der Waals surface area contributed by atoms with E-state index in [4.69, 9.17) is 17.3 Å². The molecule has 0 spiro atoms. The summed E-state index contributed by atoms with van der Waals surface area (Å²) >= 11 is 5.90. The summed E-state index contributed by atoms with van der Waals surface area (Å²) in [5, 5.41) is 9.89. The number of halogens is 1. The van der Waals surface area contributed by atoms with E-state index < -0.39 is 17.9 Å². The van der Waals surface area contributed by atoms with Crippen molar-refractivity contribution in [3.63, 3.8) is 0 Å². The molecular weight excluding hydrogens is 292 g/mol. The second-order valence-corrected chi connectivity index (χ2v) is 5.81. The van der Waals surface area contributed by atoms with E-state index in [0.29, 0.717) is 29.6 Å². The number of carbonyl (C=O) groups excluding carboxylic acids is 1. The lowest BCUT2D eigenvalue weighted by molar-refractivity contribution is -0.139. The van der Waals surface area contributed by atoms with Gasteiger partial charge in [-0.15, -0.1) is 0 Å². The van der Waals surface area contributed by atoms with E-state index in [2.05, 4.69) is 6.92 Å². The number of rotatable bonds is 4. The Morgan fingerprint density at radius 1 is 1.48 bits per heavy atom. The standard InChI is InChI=1S/C15H19ClN2O3/c1-2-9-5-6-18(13(7-9)15(20)21)12-4-3-10(16)8-11(12)14(17)19/h3-4,8-9,13H,2,5-7H2,1H3,(H2,17,19)(H,20,21). The summed E-state index contributed by atoms with van der Waals surface area (Å²) in [5.74, 6) is -1.08. The smallest absolute Gasteiger partial charge is 0.326 e. The quantitative estimate of drug-likeness (QED) is 0.895. The highest BCUT2D eigenvalue weighted by atomic mass is 35.5. The molecule has 2 rings (SSSR count). The number of hydrogen-bond donors (Lipinski definition) is 2. The van der Waals surface area contributed by atoms with Crippen LogP contribution in [-0.2, 0) is 4.79 Å². The molecule has 1 aromatic carbocycles. The van der Waals surface area contributed by atoms with Gasteiger partial charge in [0.1, 0.15) is 6.04 Å². The average molecular weight is 311 g/mol. The highest BCUT2D eigenvalue weighted by Crippen LogP contribution is 2.33. The topological polar surface area (TPSA) is 83.6 Å². The minimum Gasteiger partial charge on any atom is -0.480 e. The minimum absolute atomic E-state index is 0.267. The van der Waals surface area contributed by atoms with Crippen LogP contribution < -0.4 is 10.6 Å². The first-order valence-electron chi connectivity index (χ1n) is 7.02. The van der Waals surface area contributed by atoms with Crippen molar-refractivity contribution in [2.75, 3.05) is 11.4 Å². The predicted molar refractivity (Wildman–Crippen MR) is 81.8 cm³/mol.